The molecule has 1 aromatic carbocycles. The molecule has 0 aromatic heterocycles. The number of rotatable bonds is 5. The van der Waals surface area contributed by atoms with Crippen LogP contribution in [-0.2, 0) is 17.8 Å². The molecule has 1 amide bonds. The third-order valence-corrected chi connectivity index (χ3v) is 5.80. The molecule has 162 valence electrons. The quantitative estimate of drug-likeness (QED) is 0.282. The van der Waals surface area contributed by atoms with Crippen LogP contribution >= 0.6 is 24.0 Å². The van der Waals surface area contributed by atoms with Crippen molar-refractivity contribution in [2.75, 3.05) is 32.7 Å². The highest BCUT2D eigenvalue weighted by atomic mass is 127. The van der Waals surface area contributed by atoms with Gasteiger partial charge < -0.3 is 15.1 Å². The Bertz CT molecular complexity index is 683. The molecule has 6 heteroatoms. The average molecular weight is 512 g/mol. The van der Waals surface area contributed by atoms with E-state index in [4.69, 9.17) is 4.99 Å². The molecular weight excluding hydrogens is 475 g/mol. The maximum Gasteiger partial charge on any atom is 0.222 e. The second-order valence-electron chi connectivity index (χ2n) is 8.52. The highest BCUT2D eigenvalue weighted by molar-refractivity contribution is 14.0. The van der Waals surface area contributed by atoms with E-state index in [1.807, 2.05) is 4.90 Å². The summed E-state index contributed by atoms with van der Waals surface area (Å²) in [6.07, 6.45) is 3.65. The number of likely N-dealkylation sites (tertiary alicyclic amines) is 1. The number of guanidine groups is 1. The van der Waals surface area contributed by atoms with E-state index in [2.05, 4.69) is 55.3 Å². The van der Waals surface area contributed by atoms with E-state index in [1.54, 1.807) is 0 Å². The minimum Gasteiger partial charge on any atom is -0.357 e. The molecule has 3 rings (SSSR count). The normalized spacial score (nSPS) is 22.0. The Hall–Kier alpha value is -1.31. The zero-order valence-corrected chi connectivity index (χ0v) is 20.5. The Morgan fingerprint density at radius 3 is 2.52 bits per heavy atom. The molecule has 0 radical (unpaired) electrons. The lowest BCUT2D eigenvalue weighted by molar-refractivity contribution is -0.132. The third-order valence-electron chi connectivity index (χ3n) is 5.80. The van der Waals surface area contributed by atoms with Crippen molar-refractivity contribution in [3.63, 3.8) is 0 Å². The topological polar surface area (TPSA) is 47.9 Å². The van der Waals surface area contributed by atoms with Gasteiger partial charge in [-0.05, 0) is 49.1 Å². The molecule has 29 heavy (non-hydrogen) atoms. The summed E-state index contributed by atoms with van der Waals surface area (Å²) in [6, 6.07) is 8.46. The number of amides is 1. The minimum atomic E-state index is 0. The molecular formula is C23H37IN4O. The van der Waals surface area contributed by atoms with E-state index >= 15 is 0 Å². The van der Waals surface area contributed by atoms with Crippen molar-refractivity contribution < 1.29 is 4.79 Å². The van der Waals surface area contributed by atoms with Gasteiger partial charge in [0.15, 0.2) is 5.96 Å². The van der Waals surface area contributed by atoms with Gasteiger partial charge in [-0.15, -0.1) is 24.0 Å². The number of fused-ring (bicyclic) bond motifs is 1. The van der Waals surface area contributed by atoms with E-state index in [0.717, 1.165) is 51.5 Å². The van der Waals surface area contributed by atoms with Crippen LogP contribution in [0.25, 0.3) is 0 Å². The molecule has 1 aromatic rings. The lowest BCUT2D eigenvalue weighted by atomic mass is 9.92. The lowest BCUT2D eigenvalue weighted by Gasteiger charge is -2.37. The first-order valence-electron chi connectivity index (χ1n) is 10.9. The molecule has 0 aliphatic carbocycles. The van der Waals surface area contributed by atoms with E-state index in [0.29, 0.717) is 24.8 Å². The largest absolute Gasteiger partial charge is 0.357 e. The van der Waals surface area contributed by atoms with Gasteiger partial charge in [0.2, 0.25) is 5.91 Å². The Labute approximate surface area is 193 Å². The number of carbonyl (C=O) groups excluding carboxylic acids is 1. The summed E-state index contributed by atoms with van der Waals surface area (Å²) >= 11 is 0. The lowest BCUT2D eigenvalue weighted by Crippen LogP contribution is -2.48. The monoisotopic (exact) mass is 512 g/mol. The number of halogens is 1. The number of hydrogen-bond donors (Lipinski definition) is 1. The number of hydrogen-bond acceptors (Lipinski definition) is 2. The van der Waals surface area contributed by atoms with E-state index in [1.165, 1.54) is 17.5 Å². The molecule has 2 aliphatic rings. The summed E-state index contributed by atoms with van der Waals surface area (Å²) in [5.74, 6) is 2.68. The molecule has 0 saturated carbocycles. The molecule has 0 bridgehead atoms. The minimum absolute atomic E-state index is 0. The molecule has 1 fully saturated rings. The summed E-state index contributed by atoms with van der Waals surface area (Å²) in [7, 11) is 0. The van der Waals surface area contributed by atoms with Gasteiger partial charge in [0.25, 0.3) is 0 Å². The molecule has 1 saturated heterocycles. The van der Waals surface area contributed by atoms with Gasteiger partial charge >= 0.3 is 0 Å². The predicted octanol–water partition coefficient (Wildman–Crippen LogP) is 3.91. The van der Waals surface area contributed by atoms with Crippen LogP contribution in [0.3, 0.4) is 0 Å². The Morgan fingerprint density at radius 2 is 1.83 bits per heavy atom. The maximum atomic E-state index is 12.6. The van der Waals surface area contributed by atoms with Gasteiger partial charge in [-0.1, -0.05) is 38.1 Å². The van der Waals surface area contributed by atoms with Crippen molar-refractivity contribution in [2.45, 2.75) is 53.0 Å². The van der Waals surface area contributed by atoms with Crippen LogP contribution in [0, 0.1) is 11.8 Å². The fourth-order valence-corrected chi connectivity index (χ4v) is 4.54. The Balaban J connectivity index is 0.00000300. The first-order chi connectivity index (χ1) is 13.6. The first kappa shape index (κ1) is 24.0. The summed E-state index contributed by atoms with van der Waals surface area (Å²) in [5.41, 5.74) is 2.68. The summed E-state index contributed by atoms with van der Waals surface area (Å²) in [6.45, 7) is 12.1. The summed E-state index contributed by atoms with van der Waals surface area (Å²) in [5, 5.41) is 3.44. The zero-order valence-electron chi connectivity index (χ0n) is 18.2. The third kappa shape index (κ3) is 6.86. The van der Waals surface area contributed by atoms with Gasteiger partial charge in [-0.2, -0.15) is 0 Å². The number of aliphatic imine (C=N–C) groups is 1. The van der Waals surface area contributed by atoms with Crippen LogP contribution < -0.4 is 5.32 Å². The molecule has 0 spiro atoms. The number of nitrogens with one attached hydrogen (secondary N) is 1. The fraction of sp³-hybridized carbons (Fsp3) is 0.652. The van der Waals surface area contributed by atoms with E-state index in [9.17, 15) is 4.79 Å². The number of benzene rings is 1. The smallest absolute Gasteiger partial charge is 0.222 e. The molecule has 2 unspecified atom stereocenters. The van der Waals surface area contributed by atoms with Crippen LogP contribution in [0.1, 0.15) is 51.2 Å². The maximum absolute atomic E-state index is 12.6. The fourth-order valence-electron chi connectivity index (χ4n) is 4.54. The predicted molar refractivity (Wildman–Crippen MR) is 131 cm³/mol. The molecule has 1 N–H and O–H groups in total. The van der Waals surface area contributed by atoms with E-state index in [-0.39, 0.29) is 29.9 Å². The Morgan fingerprint density at radius 1 is 1.14 bits per heavy atom. The summed E-state index contributed by atoms with van der Waals surface area (Å²) < 4.78 is 0. The number of carbonyl (C=O) groups is 1. The molecule has 2 heterocycles. The standard InChI is InChI=1S/C23H36N4O.HI/c1-4-24-23(27-15-18(2)14-19(3)16-27)25-12-7-10-22(28)26-13-11-20-8-5-6-9-21(20)17-26;/h5-6,8-9,18-19H,4,7,10-17H2,1-3H3,(H,24,25);1H. The van der Waals surface area contributed by atoms with Crippen molar-refractivity contribution in [1.82, 2.24) is 15.1 Å². The second kappa shape index (κ2) is 11.8. The molecule has 2 aliphatic heterocycles. The first-order valence-corrected chi connectivity index (χ1v) is 10.9. The van der Waals surface area contributed by atoms with Crippen molar-refractivity contribution in [3.8, 4) is 0 Å². The molecule has 2 atom stereocenters. The Kier molecular flexibility index (Phi) is 9.72. The van der Waals surface area contributed by atoms with Crippen LogP contribution in [0.5, 0.6) is 0 Å². The van der Waals surface area contributed by atoms with Crippen LogP contribution in [-0.4, -0.2) is 54.4 Å². The van der Waals surface area contributed by atoms with Crippen LogP contribution in [0.4, 0.5) is 0 Å². The highest BCUT2D eigenvalue weighted by Gasteiger charge is 2.24. The average Bonchev–Trinajstić information content (AvgIpc) is 2.69. The highest BCUT2D eigenvalue weighted by Crippen LogP contribution is 2.21. The summed E-state index contributed by atoms with van der Waals surface area (Å²) in [4.78, 5) is 21.8. The van der Waals surface area contributed by atoms with Gasteiger partial charge in [-0.25, -0.2) is 0 Å². The number of piperidine rings is 1. The van der Waals surface area contributed by atoms with Gasteiger partial charge in [-0.3, -0.25) is 9.79 Å². The second-order valence-corrected chi connectivity index (χ2v) is 8.52. The van der Waals surface area contributed by atoms with Crippen molar-refractivity contribution in [3.05, 3.63) is 35.4 Å². The van der Waals surface area contributed by atoms with Crippen molar-refractivity contribution in [2.24, 2.45) is 16.8 Å². The van der Waals surface area contributed by atoms with Crippen molar-refractivity contribution >= 4 is 35.8 Å². The SMILES string of the molecule is CCNC(=NCCCC(=O)N1CCc2ccccc2C1)N1CC(C)CC(C)C1.I. The van der Waals surface area contributed by atoms with Gasteiger partial charge in [0.1, 0.15) is 0 Å². The van der Waals surface area contributed by atoms with Crippen LogP contribution in [0.15, 0.2) is 29.3 Å². The molecule has 5 nitrogen and oxygen atoms in total. The van der Waals surface area contributed by atoms with Gasteiger partial charge in [0.05, 0.1) is 0 Å². The number of nitrogens with zero attached hydrogens (tertiary/aromatic N) is 3. The van der Waals surface area contributed by atoms with Crippen LogP contribution in [0.2, 0.25) is 0 Å². The van der Waals surface area contributed by atoms with Crippen molar-refractivity contribution in [1.29, 1.82) is 0 Å². The van der Waals surface area contributed by atoms with E-state index < -0.39 is 0 Å². The zero-order chi connectivity index (χ0) is 19.9. The van der Waals surface area contributed by atoms with Gasteiger partial charge in [0, 0.05) is 45.7 Å².